The molecule has 1 aromatic rings. The molecular weight excluding hydrogens is 294 g/mol. The van der Waals surface area contributed by atoms with Crippen LogP contribution in [0.5, 0.6) is 5.75 Å². The van der Waals surface area contributed by atoms with Gasteiger partial charge in [0.2, 0.25) is 0 Å². The minimum absolute atomic E-state index is 0.0979. The van der Waals surface area contributed by atoms with E-state index in [9.17, 15) is 18.3 Å². The topological polar surface area (TPSA) is 107 Å². The van der Waals surface area contributed by atoms with Gasteiger partial charge in [0.15, 0.2) is 9.84 Å². The molecule has 1 fully saturated rings. The molecule has 0 bridgehead atoms. The van der Waals surface area contributed by atoms with Crippen LogP contribution in [0.15, 0.2) is 24.3 Å². The molecule has 7 heteroatoms. The lowest BCUT2D eigenvalue weighted by atomic mass is 9.99. The Kier molecular flexibility index (Phi) is 3.99. The van der Waals surface area contributed by atoms with Crippen molar-refractivity contribution in [3.63, 3.8) is 0 Å². The van der Waals surface area contributed by atoms with E-state index < -0.39 is 32.4 Å². The Morgan fingerprint density at radius 3 is 2.33 bits per heavy atom. The average molecular weight is 313 g/mol. The van der Waals surface area contributed by atoms with Crippen LogP contribution in [-0.2, 0) is 14.6 Å². The highest BCUT2D eigenvalue weighted by molar-refractivity contribution is 7.92. The summed E-state index contributed by atoms with van der Waals surface area (Å²) in [4.78, 5) is 11.6. The van der Waals surface area contributed by atoms with E-state index in [1.807, 2.05) is 0 Å². The van der Waals surface area contributed by atoms with Crippen molar-refractivity contribution in [2.24, 2.45) is 11.1 Å². The second kappa shape index (κ2) is 5.31. The molecule has 116 valence electrons. The van der Waals surface area contributed by atoms with E-state index in [1.165, 1.54) is 14.0 Å². The summed E-state index contributed by atoms with van der Waals surface area (Å²) in [7, 11) is -1.97. The number of carbonyl (C=O) groups is 1. The molecule has 0 spiro atoms. The first-order valence-corrected chi connectivity index (χ1v) is 8.35. The number of nitrogens with two attached hydrogens (primary N) is 1. The molecule has 0 heterocycles. The number of aliphatic carboxylic acids is 1. The monoisotopic (exact) mass is 313 g/mol. The van der Waals surface area contributed by atoms with Crippen LogP contribution in [0.25, 0.3) is 0 Å². The van der Waals surface area contributed by atoms with Gasteiger partial charge < -0.3 is 15.6 Å². The van der Waals surface area contributed by atoms with Gasteiger partial charge in [0.25, 0.3) is 0 Å². The maximum Gasteiger partial charge on any atom is 0.312 e. The molecule has 21 heavy (non-hydrogen) atoms. The van der Waals surface area contributed by atoms with Crippen molar-refractivity contribution in [1.82, 2.24) is 0 Å². The van der Waals surface area contributed by atoms with Crippen LogP contribution >= 0.6 is 0 Å². The van der Waals surface area contributed by atoms with E-state index in [-0.39, 0.29) is 12.3 Å². The van der Waals surface area contributed by atoms with Crippen molar-refractivity contribution in [1.29, 1.82) is 0 Å². The predicted molar refractivity (Wildman–Crippen MR) is 78.1 cm³/mol. The smallest absolute Gasteiger partial charge is 0.312 e. The standard InChI is InChI=1S/C14H19NO5S/c1-3-21(18,19)12-11(14(12,8-15)13(16)17)9-4-6-10(20-2)7-5-9/h4-7,11-12H,3,8,15H2,1-2H3,(H,16,17). The number of ether oxygens (including phenoxy) is 1. The van der Waals surface area contributed by atoms with Crippen molar-refractivity contribution in [3.8, 4) is 5.75 Å². The molecule has 6 nitrogen and oxygen atoms in total. The van der Waals surface area contributed by atoms with Crippen molar-refractivity contribution in [2.75, 3.05) is 19.4 Å². The molecule has 1 aromatic carbocycles. The van der Waals surface area contributed by atoms with Gasteiger partial charge in [0.05, 0.1) is 12.4 Å². The third kappa shape index (κ3) is 2.30. The molecule has 3 atom stereocenters. The quantitative estimate of drug-likeness (QED) is 0.797. The Labute approximate surface area is 123 Å². The second-order valence-electron chi connectivity index (χ2n) is 5.17. The minimum atomic E-state index is -3.49. The van der Waals surface area contributed by atoms with Gasteiger partial charge in [-0.2, -0.15) is 0 Å². The normalized spacial score (nSPS) is 28.1. The number of benzene rings is 1. The summed E-state index contributed by atoms with van der Waals surface area (Å²) >= 11 is 0. The highest BCUT2D eigenvalue weighted by Crippen LogP contribution is 2.62. The zero-order chi connectivity index (χ0) is 15.8. The van der Waals surface area contributed by atoms with E-state index in [2.05, 4.69) is 0 Å². The number of carboxylic acid groups (broad SMARTS) is 1. The summed E-state index contributed by atoms with van der Waals surface area (Å²) in [6.45, 7) is 1.31. The Bertz CT molecular complexity index is 640. The summed E-state index contributed by atoms with van der Waals surface area (Å²) in [6, 6.07) is 6.77. The fourth-order valence-electron chi connectivity index (χ4n) is 2.98. The number of methoxy groups -OCH3 is 1. The van der Waals surface area contributed by atoms with Crippen LogP contribution in [-0.4, -0.2) is 44.2 Å². The zero-order valence-electron chi connectivity index (χ0n) is 11.9. The van der Waals surface area contributed by atoms with E-state index in [1.54, 1.807) is 24.3 Å². The van der Waals surface area contributed by atoms with Gasteiger partial charge in [-0.3, -0.25) is 4.79 Å². The largest absolute Gasteiger partial charge is 0.497 e. The highest BCUT2D eigenvalue weighted by atomic mass is 32.2. The van der Waals surface area contributed by atoms with Crippen LogP contribution in [0.3, 0.4) is 0 Å². The maximum atomic E-state index is 12.2. The molecule has 1 aliphatic rings. The summed E-state index contributed by atoms with van der Waals surface area (Å²) < 4.78 is 29.5. The minimum Gasteiger partial charge on any atom is -0.497 e. The summed E-state index contributed by atoms with van der Waals surface area (Å²) in [5.41, 5.74) is 4.86. The van der Waals surface area contributed by atoms with Crippen molar-refractivity contribution in [2.45, 2.75) is 18.1 Å². The number of rotatable bonds is 6. The van der Waals surface area contributed by atoms with Crippen LogP contribution in [0.2, 0.25) is 0 Å². The molecule has 0 radical (unpaired) electrons. The SMILES string of the molecule is CCS(=O)(=O)C1C(c2ccc(OC)cc2)C1(CN)C(=O)O. The predicted octanol–water partition coefficient (Wildman–Crippen LogP) is 0.625. The zero-order valence-corrected chi connectivity index (χ0v) is 12.8. The third-order valence-electron chi connectivity index (χ3n) is 4.26. The first kappa shape index (κ1) is 15.8. The summed E-state index contributed by atoms with van der Waals surface area (Å²) in [5.74, 6) is -1.24. The number of hydrogen-bond donors (Lipinski definition) is 2. The molecule has 0 amide bonds. The molecule has 3 N–H and O–H groups in total. The van der Waals surface area contributed by atoms with E-state index in [4.69, 9.17) is 10.5 Å². The summed E-state index contributed by atoms with van der Waals surface area (Å²) in [6.07, 6.45) is 0. The van der Waals surface area contributed by atoms with Crippen molar-refractivity contribution >= 4 is 15.8 Å². The first-order chi connectivity index (χ1) is 9.85. The van der Waals surface area contributed by atoms with Crippen LogP contribution in [0.1, 0.15) is 18.4 Å². The summed E-state index contributed by atoms with van der Waals surface area (Å²) in [5, 5.41) is 8.53. The number of carboxylic acids is 1. The molecular formula is C14H19NO5S. The van der Waals surface area contributed by atoms with Gasteiger partial charge in [-0.1, -0.05) is 19.1 Å². The molecule has 3 unspecified atom stereocenters. The Balaban J connectivity index is 2.47. The number of hydrogen-bond acceptors (Lipinski definition) is 5. The fourth-order valence-corrected chi connectivity index (χ4v) is 5.06. The Morgan fingerprint density at radius 1 is 1.38 bits per heavy atom. The van der Waals surface area contributed by atoms with Gasteiger partial charge in [-0.15, -0.1) is 0 Å². The highest BCUT2D eigenvalue weighted by Gasteiger charge is 2.74. The Hall–Kier alpha value is -1.60. The van der Waals surface area contributed by atoms with Gasteiger partial charge in [0, 0.05) is 18.2 Å². The van der Waals surface area contributed by atoms with Crippen LogP contribution < -0.4 is 10.5 Å². The lowest BCUT2D eigenvalue weighted by molar-refractivity contribution is -0.143. The third-order valence-corrected chi connectivity index (χ3v) is 6.53. The van der Waals surface area contributed by atoms with E-state index in [0.29, 0.717) is 11.3 Å². The lowest BCUT2D eigenvalue weighted by Crippen LogP contribution is -2.32. The molecule has 0 aliphatic heterocycles. The number of sulfone groups is 1. The van der Waals surface area contributed by atoms with Gasteiger partial charge in [-0.25, -0.2) is 8.42 Å². The van der Waals surface area contributed by atoms with Crippen LogP contribution in [0, 0.1) is 5.41 Å². The second-order valence-corrected chi connectivity index (χ2v) is 7.58. The van der Waals surface area contributed by atoms with Gasteiger partial charge >= 0.3 is 5.97 Å². The van der Waals surface area contributed by atoms with Gasteiger partial charge in [0.1, 0.15) is 11.2 Å². The lowest BCUT2D eigenvalue weighted by Gasteiger charge is -2.09. The van der Waals surface area contributed by atoms with Crippen molar-refractivity contribution < 1.29 is 23.1 Å². The van der Waals surface area contributed by atoms with E-state index >= 15 is 0 Å². The first-order valence-electron chi connectivity index (χ1n) is 6.64. The van der Waals surface area contributed by atoms with Crippen LogP contribution in [0.4, 0.5) is 0 Å². The molecule has 1 saturated carbocycles. The van der Waals surface area contributed by atoms with E-state index in [0.717, 1.165) is 0 Å². The fraction of sp³-hybridized carbons (Fsp3) is 0.500. The Morgan fingerprint density at radius 2 is 1.95 bits per heavy atom. The van der Waals surface area contributed by atoms with Gasteiger partial charge in [-0.05, 0) is 17.7 Å². The average Bonchev–Trinajstić information content (AvgIpc) is 3.19. The molecule has 0 aromatic heterocycles. The molecule has 0 saturated heterocycles. The van der Waals surface area contributed by atoms with Crippen molar-refractivity contribution in [3.05, 3.63) is 29.8 Å². The maximum absolute atomic E-state index is 12.2. The molecule has 2 rings (SSSR count). The molecule has 1 aliphatic carbocycles.